The first-order valence-corrected chi connectivity index (χ1v) is 7.44. The van der Waals surface area contributed by atoms with Gasteiger partial charge in [0.2, 0.25) is 5.91 Å². The number of rotatable bonds is 9. The Bertz CT molecular complexity index is 466. The zero-order valence-corrected chi connectivity index (χ0v) is 12.9. The van der Waals surface area contributed by atoms with Crippen molar-refractivity contribution in [2.24, 2.45) is 0 Å². The highest BCUT2D eigenvalue weighted by Gasteiger charge is 2.07. The van der Waals surface area contributed by atoms with E-state index in [1.54, 1.807) is 31.4 Å². The number of methoxy groups -OCH3 is 1. The van der Waals surface area contributed by atoms with Gasteiger partial charge in [0, 0.05) is 43.8 Å². The molecule has 6 heteroatoms. The van der Waals surface area contributed by atoms with Gasteiger partial charge in [-0.2, -0.15) is 0 Å². The molecular weight excluding hydrogens is 292 g/mol. The fraction of sp³-hybridized carbons (Fsp3) is 0.467. The number of nitrogens with one attached hydrogen (secondary N) is 2. The number of carbonyl (C=O) groups excluding carboxylic acids is 2. The van der Waals surface area contributed by atoms with Crippen molar-refractivity contribution in [3.8, 4) is 0 Å². The third-order valence-corrected chi connectivity index (χ3v) is 3.02. The summed E-state index contributed by atoms with van der Waals surface area (Å²) < 4.78 is 4.92. The number of alkyl halides is 1. The minimum absolute atomic E-state index is 0.103. The molecule has 116 valence electrons. The Morgan fingerprint density at radius 3 is 2.81 bits per heavy atom. The van der Waals surface area contributed by atoms with E-state index < -0.39 is 0 Å². The van der Waals surface area contributed by atoms with Crippen LogP contribution < -0.4 is 10.6 Å². The van der Waals surface area contributed by atoms with Crippen molar-refractivity contribution in [2.45, 2.75) is 19.3 Å². The molecule has 0 bridgehead atoms. The van der Waals surface area contributed by atoms with Gasteiger partial charge >= 0.3 is 0 Å². The first kappa shape index (κ1) is 17.5. The summed E-state index contributed by atoms with van der Waals surface area (Å²) in [6.07, 6.45) is 1.76. The Morgan fingerprint density at radius 1 is 1.29 bits per heavy atom. The van der Waals surface area contributed by atoms with Crippen LogP contribution in [-0.2, 0) is 9.53 Å². The van der Waals surface area contributed by atoms with E-state index in [0.717, 1.165) is 6.42 Å². The second kappa shape index (κ2) is 10.2. The second-order valence-electron chi connectivity index (χ2n) is 4.52. The zero-order chi connectivity index (χ0) is 15.5. The number of carbonyl (C=O) groups is 2. The first-order chi connectivity index (χ1) is 10.2. The van der Waals surface area contributed by atoms with Crippen LogP contribution >= 0.6 is 11.6 Å². The fourth-order valence-corrected chi connectivity index (χ4v) is 1.84. The molecule has 0 aliphatic carbocycles. The molecule has 0 heterocycles. The molecule has 0 spiro atoms. The molecule has 1 aromatic rings. The summed E-state index contributed by atoms with van der Waals surface area (Å²) in [5.74, 6) is 0.188. The van der Waals surface area contributed by atoms with Gasteiger partial charge in [-0.25, -0.2) is 0 Å². The molecule has 0 radical (unpaired) electrons. The predicted octanol–water partition coefficient (Wildman–Crippen LogP) is 2.41. The third kappa shape index (κ3) is 7.11. The highest BCUT2D eigenvalue weighted by atomic mass is 35.5. The summed E-state index contributed by atoms with van der Waals surface area (Å²) in [6.45, 7) is 1.16. The minimum atomic E-state index is -0.164. The normalized spacial score (nSPS) is 10.2. The van der Waals surface area contributed by atoms with Gasteiger partial charge in [-0.05, 0) is 31.0 Å². The molecule has 5 nitrogen and oxygen atoms in total. The summed E-state index contributed by atoms with van der Waals surface area (Å²) in [5.41, 5.74) is 1.13. The average molecular weight is 313 g/mol. The lowest BCUT2D eigenvalue weighted by Gasteiger charge is -2.08. The molecule has 0 unspecified atom stereocenters. The fourth-order valence-electron chi connectivity index (χ4n) is 1.71. The number of hydrogen-bond donors (Lipinski definition) is 2. The van der Waals surface area contributed by atoms with Crippen molar-refractivity contribution in [3.63, 3.8) is 0 Å². The number of benzene rings is 1. The zero-order valence-electron chi connectivity index (χ0n) is 12.2. The minimum Gasteiger partial charge on any atom is -0.385 e. The van der Waals surface area contributed by atoms with Gasteiger partial charge in [-0.3, -0.25) is 9.59 Å². The molecule has 0 saturated carbocycles. The Labute approximate surface area is 130 Å². The highest BCUT2D eigenvalue weighted by Crippen LogP contribution is 2.11. The Kier molecular flexibility index (Phi) is 8.47. The molecular formula is C15H21ClN2O3. The predicted molar refractivity (Wildman–Crippen MR) is 83.9 cm³/mol. The van der Waals surface area contributed by atoms with Crippen LogP contribution in [0.1, 0.15) is 29.6 Å². The first-order valence-electron chi connectivity index (χ1n) is 6.90. The molecule has 0 aliphatic heterocycles. The lowest BCUT2D eigenvalue weighted by Crippen LogP contribution is -2.25. The quantitative estimate of drug-likeness (QED) is 0.543. The van der Waals surface area contributed by atoms with Crippen LogP contribution in [0.25, 0.3) is 0 Å². The van der Waals surface area contributed by atoms with E-state index in [9.17, 15) is 9.59 Å². The lowest BCUT2D eigenvalue weighted by molar-refractivity contribution is -0.116. The van der Waals surface area contributed by atoms with Crippen LogP contribution in [0, 0.1) is 0 Å². The molecule has 1 aromatic carbocycles. The van der Waals surface area contributed by atoms with E-state index in [1.807, 2.05) is 0 Å². The largest absolute Gasteiger partial charge is 0.385 e. The average Bonchev–Trinajstić information content (AvgIpc) is 2.49. The lowest BCUT2D eigenvalue weighted by atomic mass is 10.2. The summed E-state index contributed by atoms with van der Waals surface area (Å²) >= 11 is 5.54. The Balaban J connectivity index is 2.51. The topological polar surface area (TPSA) is 67.4 Å². The monoisotopic (exact) mass is 312 g/mol. The van der Waals surface area contributed by atoms with Gasteiger partial charge in [0.05, 0.1) is 0 Å². The number of amides is 2. The second-order valence-corrected chi connectivity index (χ2v) is 4.90. The number of anilines is 1. The van der Waals surface area contributed by atoms with Crippen LogP contribution in [0.5, 0.6) is 0 Å². The van der Waals surface area contributed by atoms with Crippen molar-refractivity contribution in [1.82, 2.24) is 5.32 Å². The third-order valence-electron chi connectivity index (χ3n) is 2.76. The van der Waals surface area contributed by atoms with Gasteiger partial charge in [-0.1, -0.05) is 6.07 Å². The molecule has 2 N–H and O–H groups in total. The van der Waals surface area contributed by atoms with Crippen LogP contribution in [0.4, 0.5) is 5.69 Å². The SMILES string of the molecule is COCCCNC(=O)c1cccc(NC(=O)CCCCl)c1. The number of hydrogen-bond acceptors (Lipinski definition) is 3. The van der Waals surface area contributed by atoms with E-state index >= 15 is 0 Å². The summed E-state index contributed by atoms with van der Waals surface area (Å²) in [7, 11) is 1.62. The van der Waals surface area contributed by atoms with Gasteiger partial charge in [-0.15, -0.1) is 11.6 Å². The molecule has 21 heavy (non-hydrogen) atoms. The summed E-state index contributed by atoms with van der Waals surface area (Å²) in [5, 5.41) is 5.55. The van der Waals surface area contributed by atoms with Gasteiger partial charge in [0.1, 0.15) is 0 Å². The summed E-state index contributed by atoms with van der Waals surface area (Å²) in [6, 6.07) is 6.85. The number of ether oxygens (including phenoxy) is 1. The van der Waals surface area contributed by atoms with E-state index in [-0.39, 0.29) is 11.8 Å². The van der Waals surface area contributed by atoms with Crippen LogP contribution in [-0.4, -0.2) is 38.0 Å². The van der Waals surface area contributed by atoms with E-state index in [1.165, 1.54) is 0 Å². The standard InChI is InChI=1S/C15H21ClN2O3/c1-21-10-4-9-17-15(20)12-5-2-6-13(11-12)18-14(19)7-3-8-16/h2,5-6,11H,3-4,7-10H2,1H3,(H,17,20)(H,18,19). The van der Waals surface area contributed by atoms with Crippen LogP contribution in [0.2, 0.25) is 0 Å². The Morgan fingerprint density at radius 2 is 2.10 bits per heavy atom. The molecule has 2 amide bonds. The van der Waals surface area contributed by atoms with Crippen LogP contribution in [0.3, 0.4) is 0 Å². The molecule has 1 rings (SSSR count). The van der Waals surface area contributed by atoms with Gasteiger partial charge < -0.3 is 15.4 Å². The molecule has 0 atom stereocenters. The van der Waals surface area contributed by atoms with Crippen LogP contribution in [0.15, 0.2) is 24.3 Å². The molecule has 0 fully saturated rings. The van der Waals surface area contributed by atoms with Crippen molar-refractivity contribution < 1.29 is 14.3 Å². The number of halogens is 1. The smallest absolute Gasteiger partial charge is 0.251 e. The van der Waals surface area contributed by atoms with Crippen molar-refractivity contribution in [2.75, 3.05) is 31.5 Å². The van der Waals surface area contributed by atoms with Gasteiger partial charge in [0.25, 0.3) is 5.91 Å². The highest BCUT2D eigenvalue weighted by molar-refractivity contribution is 6.18. The van der Waals surface area contributed by atoms with E-state index in [2.05, 4.69) is 10.6 Å². The van der Waals surface area contributed by atoms with Gasteiger partial charge in [0.15, 0.2) is 0 Å². The van der Waals surface area contributed by atoms with Crippen molar-refractivity contribution >= 4 is 29.1 Å². The van der Waals surface area contributed by atoms with Crippen molar-refractivity contribution in [1.29, 1.82) is 0 Å². The van der Waals surface area contributed by atoms with Crippen molar-refractivity contribution in [3.05, 3.63) is 29.8 Å². The Hall–Kier alpha value is -1.59. The maximum absolute atomic E-state index is 11.9. The maximum atomic E-state index is 11.9. The molecule has 0 aromatic heterocycles. The molecule has 0 saturated heterocycles. The molecule has 0 aliphatic rings. The van der Waals surface area contributed by atoms with E-state index in [0.29, 0.717) is 43.1 Å². The maximum Gasteiger partial charge on any atom is 0.251 e. The summed E-state index contributed by atoms with van der Waals surface area (Å²) in [4.78, 5) is 23.5. The van der Waals surface area contributed by atoms with E-state index in [4.69, 9.17) is 16.3 Å².